The minimum absolute atomic E-state index is 0.263. The minimum atomic E-state index is 0.263. The average molecular weight is 345 g/mol. The number of guanidine groups is 1. The minimum Gasteiger partial charge on any atom is -0.381 e. The van der Waals surface area contributed by atoms with Crippen LogP contribution in [0.2, 0.25) is 0 Å². The van der Waals surface area contributed by atoms with E-state index in [-0.39, 0.29) is 6.10 Å². The average Bonchev–Trinajstić information content (AvgIpc) is 3.25. The molecule has 138 valence electrons. The molecular weight excluding hydrogens is 314 g/mol. The highest BCUT2D eigenvalue weighted by Crippen LogP contribution is 2.38. The number of hydrogen-bond acceptors (Lipinski definition) is 3. The Kier molecular flexibility index (Phi) is 5.97. The van der Waals surface area contributed by atoms with E-state index >= 15 is 0 Å². The summed E-state index contributed by atoms with van der Waals surface area (Å²) < 4.78 is 11.3. The standard InChI is InChI=1S/C20H31N3O2/c1-16(2)25-13-18-6-4-17(5-7-18)12-22-19(21-3)23-10-8-20(14-23)9-11-24-15-20/h4-7,16H,8-15H2,1-3H3,(H,21,22). The summed E-state index contributed by atoms with van der Waals surface area (Å²) in [5, 5.41) is 3.51. The molecule has 1 N–H and O–H groups in total. The topological polar surface area (TPSA) is 46.1 Å². The molecule has 0 amide bonds. The number of rotatable bonds is 5. The zero-order chi connectivity index (χ0) is 17.7. The summed E-state index contributed by atoms with van der Waals surface area (Å²) >= 11 is 0. The second kappa shape index (κ2) is 8.19. The summed E-state index contributed by atoms with van der Waals surface area (Å²) in [7, 11) is 1.87. The molecule has 2 heterocycles. The van der Waals surface area contributed by atoms with E-state index in [1.165, 1.54) is 24.0 Å². The lowest BCUT2D eigenvalue weighted by Gasteiger charge is -2.25. The molecule has 3 rings (SSSR count). The first-order chi connectivity index (χ1) is 12.1. The van der Waals surface area contributed by atoms with Crippen molar-refractivity contribution in [3.05, 3.63) is 35.4 Å². The van der Waals surface area contributed by atoms with Crippen molar-refractivity contribution in [2.24, 2.45) is 10.4 Å². The predicted molar refractivity (Wildman–Crippen MR) is 101 cm³/mol. The van der Waals surface area contributed by atoms with E-state index in [0.29, 0.717) is 12.0 Å². The fourth-order valence-corrected chi connectivity index (χ4v) is 3.62. The van der Waals surface area contributed by atoms with Crippen molar-refractivity contribution >= 4 is 5.96 Å². The van der Waals surface area contributed by atoms with Crippen LogP contribution in [0, 0.1) is 5.41 Å². The lowest BCUT2D eigenvalue weighted by atomic mass is 9.87. The molecule has 5 heteroatoms. The van der Waals surface area contributed by atoms with Gasteiger partial charge in [-0.15, -0.1) is 0 Å². The summed E-state index contributed by atoms with van der Waals surface area (Å²) in [6.07, 6.45) is 2.65. The largest absolute Gasteiger partial charge is 0.381 e. The van der Waals surface area contributed by atoms with Crippen molar-refractivity contribution in [3.63, 3.8) is 0 Å². The second-order valence-electron chi connectivity index (χ2n) is 7.55. The van der Waals surface area contributed by atoms with E-state index in [2.05, 4.69) is 53.3 Å². The summed E-state index contributed by atoms with van der Waals surface area (Å²) in [4.78, 5) is 6.85. The number of nitrogens with zero attached hydrogens (tertiary/aromatic N) is 2. The molecule has 0 aliphatic carbocycles. The van der Waals surface area contributed by atoms with Crippen molar-refractivity contribution in [3.8, 4) is 0 Å². The molecule has 25 heavy (non-hydrogen) atoms. The number of nitrogens with one attached hydrogen (secondary N) is 1. The Hall–Kier alpha value is -1.59. The molecule has 0 aromatic heterocycles. The van der Waals surface area contributed by atoms with Gasteiger partial charge in [-0.05, 0) is 37.8 Å². The van der Waals surface area contributed by atoms with E-state index in [1.54, 1.807) is 0 Å². The van der Waals surface area contributed by atoms with Gasteiger partial charge in [-0.1, -0.05) is 24.3 Å². The van der Waals surface area contributed by atoms with Gasteiger partial charge in [0.05, 0.1) is 19.3 Å². The van der Waals surface area contributed by atoms with Crippen LogP contribution in [-0.2, 0) is 22.6 Å². The third-order valence-corrected chi connectivity index (χ3v) is 5.19. The van der Waals surface area contributed by atoms with Crippen molar-refractivity contribution in [1.82, 2.24) is 10.2 Å². The maximum absolute atomic E-state index is 5.65. The highest BCUT2D eigenvalue weighted by Gasteiger charge is 2.42. The zero-order valence-electron chi connectivity index (χ0n) is 15.8. The molecule has 0 bridgehead atoms. The molecule has 1 aromatic rings. The van der Waals surface area contributed by atoms with Gasteiger partial charge in [-0.2, -0.15) is 0 Å². The lowest BCUT2D eigenvalue weighted by Crippen LogP contribution is -2.41. The number of aliphatic imine (C=N–C) groups is 1. The Labute approximate surface area is 151 Å². The van der Waals surface area contributed by atoms with Crippen LogP contribution < -0.4 is 5.32 Å². The number of hydrogen-bond donors (Lipinski definition) is 1. The predicted octanol–water partition coefficient (Wildman–Crippen LogP) is 2.80. The summed E-state index contributed by atoms with van der Waals surface area (Å²) in [5.41, 5.74) is 2.83. The summed E-state index contributed by atoms with van der Waals surface area (Å²) in [6, 6.07) is 8.61. The maximum atomic E-state index is 5.65. The van der Waals surface area contributed by atoms with Gasteiger partial charge >= 0.3 is 0 Å². The van der Waals surface area contributed by atoms with Crippen LogP contribution in [0.4, 0.5) is 0 Å². The van der Waals surface area contributed by atoms with Crippen molar-refractivity contribution in [2.75, 3.05) is 33.4 Å². The number of ether oxygens (including phenoxy) is 2. The lowest BCUT2D eigenvalue weighted by molar-refractivity contribution is 0.0657. The second-order valence-corrected chi connectivity index (χ2v) is 7.55. The van der Waals surface area contributed by atoms with Crippen LogP contribution in [0.5, 0.6) is 0 Å². The monoisotopic (exact) mass is 345 g/mol. The van der Waals surface area contributed by atoms with Gasteiger partial charge in [0.2, 0.25) is 0 Å². The van der Waals surface area contributed by atoms with Gasteiger partial charge in [0.15, 0.2) is 5.96 Å². The van der Waals surface area contributed by atoms with Gasteiger partial charge in [0.1, 0.15) is 0 Å². The van der Waals surface area contributed by atoms with E-state index in [9.17, 15) is 0 Å². The maximum Gasteiger partial charge on any atom is 0.193 e. The van der Waals surface area contributed by atoms with E-state index in [1.807, 2.05) is 7.05 Å². The SMILES string of the molecule is CN=C(NCc1ccc(COC(C)C)cc1)N1CCC2(CCOC2)C1. The fraction of sp³-hybridized carbons (Fsp3) is 0.650. The Balaban J connectivity index is 1.50. The van der Waals surface area contributed by atoms with Crippen LogP contribution >= 0.6 is 0 Å². The molecule has 5 nitrogen and oxygen atoms in total. The molecular formula is C20H31N3O2. The first-order valence-corrected chi connectivity index (χ1v) is 9.33. The molecule has 1 unspecified atom stereocenters. The zero-order valence-corrected chi connectivity index (χ0v) is 15.8. The third kappa shape index (κ3) is 4.73. The number of likely N-dealkylation sites (tertiary alicyclic amines) is 1. The van der Waals surface area contributed by atoms with Crippen molar-refractivity contribution < 1.29 is 9.47 Å². The first-order valence-electron chi connectivity index (χ1n) is 9.33. The molecule has 2 saturated heterocycles. The molecule has 2 aliphatic heterocycles. The molecule has 0 saturated carbocycles. The van der Waals surface area contributed by atoms with Gasteiger partial charge in [-0.3, -0.25) is 4.99 Å². The van der Waals surface area contributed by atoms with Crippen LogP contribution in [0.1, 0.15) is 37.8 Å². The van der Waals surface area contributed by atoms with Gasteiger partial charge in [-0.25, -0.2) is 0 Å². The van der Waals surface area contributed by atoms with E-state index < -0.39 is 0 Å². The van der Waals surface area contributed by atoms with Crippen molar-refractivity contribution in [1.29, 1.82) is 0 Å². The highest BCUT2D eigenvalue weighted by molar-refractivity contribution is 5.80. The first kappa shape index (κ1) is 18.2. The molecule has 2 aliphatic rings. The smallest absolute Gasteiger partial charge is 0.193 e. The quantitative estimate of drug-likeness (QED) is 0.658. The molecule has 1 atom stereocenters. The Bertz CT molecular complexity index is 577. The highest BCUT2D eigenvalue weighted by atomic mass is 16.5. The van der Waals surface area contributed by atoms with Crippen LogP contribution in [-0.4, -0.2) is 50.3 Å². The van der Waals surface area contributed by atoms with Crippen LogP contribution in [0.25, 0.3) is 0 Å². The van der Waals surface area contributed by atoms with E-state index in [4.69, 9.17) is 9.47 Å². The van der Waals surface area contributed by atoms with Gasteiger partial charge < -0.3 is 19.7 Å². The molecule has 2 fully saturated rings. The number of benzene rings is 1. The fourth-order valence-electron chi connectivity index (χ4n) is 3.62. The van der Waals surface area contributed by atoms with Gasteiger partial charge in [0, 0.05) is 38.7 Å². The van der Waals surface area contributed by atoms with E-state index in [0.717, 1.165) is 38.8 Å². The molecule has 1 aromatic carbocycles. The van der Waals surface area contributed by atoms with Crippen LogP contribution in [0.3, 0.4) is 0 Å². The summed E-state index contributed by atoms with van der Waals surface area (Å²) in [6.45, 7) is 9.51. The third-order valence-electron chi connectivity index (χ3n) is 5.19. The Morgan fingerprint density at radius 2 is 2.04 bits per heavy atom. The van der Waals surface area contributed by atoms with Crippen LogP contribution in [0.15, 0.2) is 29.3 Å². The van der Waals surface area contributed by atoms with Gasteiger partial charge in [0.25, 0.3) is 0 Å². The molecule has 0 radical (unpaired) electrons. The Morgan fingerprint density at radius 1 is 1.28 bits per heavy atom. The van der Waals surface area contributed by atoms with Crippen molar-refractivity contribution in [2.45, 2.75) is 45.9 Å². The molecule has 1 spiro atoms. The normalized spacial score (nSPS) is 23.8. The Morgan fingerprint density at radius 3 is 2.68 bits per heavy atom. The summed E-state index contributed by atoms with van der Waals surface area (Å²) in [5.74, 6) is 0.996.